The summed E-state index contributed by atoms with van der Waals surface area (Å²) in [6.45, 7) is 6.17. The van der Waals surface area contributed by atoms with Gasteiger partial charge >= 0.3 is 0 Å². The predicted octanol–water partition coefficient (Wildman–Crippen LogP) is 5.95. The molecule has 202 valence electrons. The Kier molecular flexibility index (Phi) is 10.4. The SMILES string of the molecule is COc1ccc(CCC(=O)N(Cc2ccc(Br)cc2)[C@@H](Cc2ccccc2)C(=O)NC(C)(C)C)cc1OC. The number of carbonyl (C=O) groups is 2. The zero-order valence-electron chi connectivity index (χ0n) is 22.8. The summed E-state index contributed by atoms with van der Waals surface area (Å²) < 4.78 is 11.7. The molecule has 0 fully saturated rings. The summed E-state index contributed by atoms with van der Waals surface area (Å²) in [6, 6.07) is 22.7. The summed E-state index contributed by atoms with van der Waals surface area (Å²) >= 11 is 3.48. The second-order valence-electron chi connectivity index (χ2n) is 10.3. The molecule has 0 heterocycles. The van der Waals surface area contributed by atoms with Gasteiger partial charge in [-0.15, -0.1) is 0 Å². The first-order chi connectivity index (χ1) is 18.1. The van der Waals surface area contributed by atoms with E-state index in [1.54, 1.807) is 19.1 Å². The van der Waals surface area contributed by atoms with Gasteiger partial charge in [-0.05, 0) is 68.1 Å². The molecule has 38 heavy (non-hydrogen) atoms. The average molecular weight is 582 g/mol. The van der Waals surface area contributed by atoms with Crippen molar-refractivity contribution < 1.29 is 19.1 Å². The highest BCUT2D eigenvalue weighted by Gasteiger charge is 2.32. The minimum Gasteiger partial charge on any atom is -0.493 e. The fourth-order valence-corrected chi connectivity index (χ4v) is 4.49. The summed E-state index contributed by atoms with van der Waals surface area (Å²) in [5.41, 5.74) is 2.47. The number of benzene rings is 3. The number of ether oxygens (including phenoxy) is 2. The van der Waals surface area contributed by atoms with E-state index in [1.807, 2.05) is 93.6 Å². The zero-order chi connectivity index (χ0) is 27.7. The van der Waals surface area contributed by atoms with E-state index in [1.165, 1.54) is 0 Å². The molecule has 0 aliphatic heterocycles. The van der Waals surface area contributed by atoms with Crippen LogP contribution in [0.5, 0.6) is 11.5 Å². The monoisotopic (exact) mass is 580 g/mol. The Morgan fingerprint density at radius 1 is 0.868 bits per heavy atom. The molecule has 0 bridgehead atoms. The predicted molar refractivity (Wildman–Crippen MR) is 154 cm³/mol. The van der Waals surface area contributed by atoms with E-state index in [9.17, 15) is 9.59 Å². The highest BCUT2D eigenvalue weighted by Crippen LogP contribution is 2.28. The van der Waals surface area contributed by atoms with Crippen molar-refractivity contribution in [3.63, 3.8) is 0 Å². The maximum atomic E-state index is 13.8. The van der Waals surface area contributed by atoms with Crippen LogP contribution in [-0.2, 0) is 29.0 Å². The number of carbonyl (C=O) groups excluding carboxylic acids is 2. The number of hydrogen-bond donors (Lipinski definition) is 1. The zero-order valence-corrected chi connectivity index (χ0v) is 24.4. The third kappa shape index (κ3) is 8.62. The first-order valence-corrected chi connectivity index (χ1v) is 13.5. The summed E-state index contributed by atoms with van der Waals surface area (Å²) in [4.78, 5) is 29.2. The van der Waals surface area contributed by atoms with Crippen LogP contribution in [0, 0.1) is 0 Å². The van der Waals surface area contributed by atoms with Crippen molar-refractivity contribution >= 4 is 27.7 Å². The smallest absolute Gasteiger partial charge is 0.243 e. The lowest BCUT2D eigenvalue weighted by atomic mass is 9.99. The van der Waals surface area contributed by atoms with E-state index in [0.29, 0.717) is 30.9 Å². The van der Waals surface area contributed by atoms with Gasteiger partial charge in [0, 0.05) is 29.4 Å². The molecule has 0 radical (unpaired) electrons. The van der Waals surface area contributed by atoms with Crippen molar-refractivity contribution in [1.82, 2.24) is 10.2 Å². The fourth-order valence-electron chi connectivity index (χ4n) is 4.22. The largest absolute Gasteiger partial charge is 0.493 e. The van der Waals surface area contributed by atoms with Crippen molar-refractivity contribution in [3.05, 3.63) is 94.0 Å². The number of nitrogens with zero attached hydrogens (tertiary/aromatic N) is 1. The quantitative estimate of drug-likeness (QED) is 0.304. The average Bonchev–Trinajstić information content (AvgIpc) is 2.89. The third-order valence-electron chi connectivity index (χ3n) is 6.11. The molecular weight excluding hydrogens is 544 g/mol. The van der Waals surface area contributed by atoms with Crippen LogP contribution in [0.3, 0.4) is 0 Å². The molecule has 1 atom stereocenters. The Morgan fingerprint density at radius 2 is 1.50 bits per heavy atom. The van der Waals surface area contributed by atoms with Crippen LogP contribution in [0.1, 0.15) is 43.9 Å². The molecular formula is C31H37BrN2O4. The molecule has 3 rings (SSSR count). The first kappa shape index (κ1) is 29.2. The molecule has 1 N–H and O–H groups in total. The highest BCUT2D eigenvalue weighted by molar-refractivity contribution is 9.10. The van der Waals surface area contributed by atoms with Crippen molar-refractivity contribution in [1.29, 1.82) is 0 Å². The highest BCUT2D eigenvalue weighted by atomic mass is 79.9. The van der Waals surface area contributed by atoms with Crippen molar-refractivity contribution in [3.8, 4) is 11.5 Å². The number of methoxy groups -OCH3 is 2. The van der Waals surface area contributed by atoms with Gasteiger partial charge in [-0.2, -0.15) is 0 Å². The fraction of sp³-hybridized carbons (Fsp3) is 0.355. The first-order valence-electron chi connectivity index (χ1n) is 12.7. The van der Waals surface area contributed by atoms with Crippen LogP contribution < -0.4 is 14.8 Å². The molecule has 0 aliphatic rings. The minimum absolute atomic E-state index is 0.0901. The van der Waals surface area contributed by atoms with Gasteiger partial charge in [0.15, 0.2) is 11.5 Å². The number of amides is 2. The molecule has 0 saturated heterocycles. The van der Waals surface area contributed by atoms with Gasteiger partial charge in [-0.25, -0.2) is 0 Å². The normalized spacial score (nSPS) is 11.9. The second-order valence-corrected chi connectivity index (χ2v) is 11.2. The van der Waals surface area contributed by atoms with Gasteiger partial charge in [0.25, 0.3) is 0 Å². The summed E-state index contributed by atoms with van der Waals surface area (Å²) in [5.74, 6) is 1.00. The van der Waals surface area contributed by atoms with Gasteiger partial charge in [0.05, 0.1) is 14.2 Å². The van der Waals surface area contributed by atoms with Crippen LogP contribution in [-0.4, -0.2) is 42.5 Å². The molecule has 2 amide bonds. The lowest BCUT2D eigenvalue weighted by molar-refractivity contribution is -0.141. The van der Waals surface area contributed by atoms with Crippen LogP contribution in [0.15, 0.2) is 77.3 Å². The third-order valence-corrected chi connectivity index (χ3v) is 6.64. The molecule has 0 aliphatic carbocycles. The number of aryl methyl sites for hydroxylation is 1. The van der Waals surface area contributed by atoms with Gasteiger partial charge in [-0.1, -0.05) is 64.5 Å². The maximum Gasteiger partial charge on any atom is 0.243 e. The van der Waals surface area contributed by atoms with E-state index < -0.39 is 11.6 Å². The lowest BCUT2D eigenvalue weighted by Crippen LogP contribution is -2.54. The number of hydrogen-bond acceptors (Lipinski definition) is 4. The van der Waals surface area contributed by atoms with E-state index >= 15 is 0 Å². The molecule has 7 heteroatoms. The Labute approximate surface area is 234 Å². The van der Waals surface area contributed by atoms with Gasteiger partial charge in [0.2, 0.25) is 11.8 Å². The molecule has 6 nitrogen and oxygen atoms in total. The minimum atomic E-state index is -0.668. The number of nitrogens with one attached hydrogen (secondary N) is 1. The van der Waals surface area contributed by atoms with E-state index in [2.05, 4.69) is 21.2 Å². The Morgan fingerprint density at radius 3 is 2.11 bits per heavy atom. The number of halogens is 1. The van der Waals surface area contributed by atoms with Gasteiger partial charge in [-0.3, -0.25) is 9.59 Å². The van der Waals surface area contributed by atoms with E-state index in [0.717, 1.165) is 21.2 Å². The Balaban J connectivity index is 1.92. The molecule has 0 aromatic heterocycles. The van der Waals surface area contributed by atoms with Crippen LogP contribution in [0.2, 0.25) is 0 Å². The molecule has 0 unspecified atom stereocenters. The van der Waals surface area contributed by atoms with Crippen molar-refractivity contribution in [2.24, 2.45) is 0 Å². The second kappa shape index (κ2) is 13.5. The van der Waals surface area contributed by atoms with Crippen molar-refractivity contribution in [2.75, 3.05) is 14.2 Å². The van der Waals surface area contributed by atoms with Crippen LogP contribution in [0.4, 0.5) is 0 Å². The maximum absolute atomic E-state index is 13.8. The van der Waals surface area contributed by atoms with E-state index in [-0.39, 0.29) is 18.2 Å². The van der Waals surface area contributed by atoms with Crippen LogP contribution >= 0.6 is 15.9 Å². The molecule has 0 saturated carbocycles. The van der Waals surface area contributed by atoms with Crippen LogP contribution in [0.25, 0.3) is 0 Å². The van der Waals surface area contributed by atoms with Gasteiger partial charge in [0.1, 0.15) is 6.04 Å². The molecule has 3 aromatic carbocycles. The Bertz CT molecular complexity index is 1210. The van der Waals surface area contributed by atoms with E-state index in [4.69, 9.17) is 9.47 Å². The molecule has 3 aromatic rings. The topological polar surface area (TPSA) is 67.9 Å². The van der Waals surface area contributed by atoms with Gasteiger partial charge < -0.3 is 19.7 Å². The molecule has 0 spiro atoms. The standard InChI is InChI=1S/C31H37BrN2O4/c1-31(2,3)33-30(36)26(19-22-9-7-6-8-10-22)34(21-24-11-15-25(32)16-12-24)29(35)18-14-23-13-17-27(37-4)28(20-23)38-5/h6-13,15-17,20,26H,14,18-19,21H2,1-5H3,(H,33,36)/t26-/m0/s1. The summed E-state index contributed by atoms with van der Waals surface area (Å²) in [5, 5.41) is 3.10. The Hall–Kier alpha value is -3.32. The number of rotatable bonds is 11. The summed E-state index contributed by atoms with van der Waals surface area (Å²) in [6.07, 6.45) is 1.18. The summed E-state index contributed by atoms with van der Waals surface area (Å²) in [7, 11) is 3.19. The lowest BCUT2D eigenvalue weighted by Gasteiger charge is -2.34. The van der Waals surface area contributed by atoms with Crippen molar-refractivity contribution in [2.45, 2.75) is 58.2 Å².